The maximum atomic E-state index is 13.0. The first kappa shape index (κ1) is 15.8. The number of hydrogen-bond donors (Lipinski definition) is 2. The summed E-state index contributed by atoms with van der Waals surface area (Å²) in [5.41, 5.74) is 6.31. The van der Waals surface area contributed by atoms with Gasteiger partial charge in [0.15, 0.2) is 0 Å². The second-order valence-corrected chi connectivity index (χ2v) is 7.62. The summed E-state index contributed by atoms with van der Waals surface area (Å²) in [6.07, 6.45) is 0. The van der Waals surface area contributed by atoms with Gasteiger partial charge in [0.25, 0.3) is 0 Å². The third-order valence-electron chi connectivity index (χ3n) is 3.97. The lowest BCUT2D eigenvalue weighted by molar-refractivity contribution is -0.131. The van der Waals surface area contributed by atoms with Gasteiger partial charge in [-0.2, -0.15) is 4.31 Å². The van der Waals surface area contributed by atoms with E-state index in [2.05, 4.69) is 5.32 Å². The van der Waals surface area contributed by atoms with Gasteiger partial charge >= 0.3 is 0 Å². The van der Waals surface area contributed by atoms with Crippen molar-refractivity contribution in [2.24, 2.45) is 0 Å². The monoisotopic (exact) mass is 311 g/mol. The number of nitrogen functional groups attached to an aromatic ring is 1. The molecule has 0 bridgehead atoms. The van der Waals surface area contributed by atoms with E-state index in [1.165, 1.54) is 4.31 Å². The van der Waals surface area contributed by atoms with Crippen LogP contribution in [0.1, 0.15) is 25.0 Å². The molecule has 0 aromatic heterocycles. The number of carbonyl (C=O) groups excluding carboxylic acids is 1. The molecule has 1 aromatic rings. The van der Waals surface area contributed by atoms with E-state index in [9.17, 15) is 13.2 Å². The minimum absolute atomic E-state index is 0.199. The topological polar surface area (TPSA) is 92.5 Å². The Morgan fingerprint density at radius 2 is 1.90 bits per heavy atom. The number of anilines is 1. The summed E-state index contributed by atoms with van der Waals surface area (Å²) in [6, 6.07) is 3.38. The van der Waals surface area contributed by atoms with Gasteiger partial charge in [-0.25, -0.2) is 8.42 Å². The Bertz CT molecular complexity index is 696. The summed E-state index contributed by atoms with van der Waals surface area (Å²) in [5, 5.41) is 2.70. The maximum Gasteiger partial charge on any atom is 0.244 e. The highest BCUT2D eigenvalue weighted by atomic mass is 32.2. The molecule has 1 aliphatic rings. The molecule has 7 heteroatoms. The molecule has 1 saturated heterocycles. The predicted molar refractivity (Wildman–Crippen MR) is 81.3 cm³/mol. The standard InChI is InChI=1S/C14H21N3O3S/c1-9-5-6-11(15)10(2)12(9)21(19,20)17-8-7-16-13(18)14(17,3)4/h5-6H,7-8,15H2,1-4H3,(H,16,18). The molecule has 0 aliphatic carbocycles. The van der Waals surface area contributed by atoms with Crippen molar-refractivity contribution >= 4 is 21.6 Å². The Hall–Kier alpha value is -1.60. The van der Waals surface area contributed by atoms with Crippen LogP contribution in [0, 0.1) is 13.8 Å². The number of nitrogens with two attached hydrogens (primary N) is 1. The van der Waals surface area contributed by atoms with Crippen LogP contribution in [-0.4, -0.2) is 37.3 Å². The Balaban J connectivity index is 2.63. The summed E-state index contributed by atoms with van der Waals surface area (Å²) >= 11 is 0. The highest BCUT2D eigenvalue weighted by molar-refractivity contribution is 7.89. The van der Waals surface area contributed by atoms with Gasteiger partial charge < -0.3 is 11.1 Å². The molecule has 2 rings (SSSR count). The van der Waals surface area contributed by atoms with Crippen molar-refractivity contribution in [2.45, 2.75) is 38.1 Å². The fourth-order valence-electron chi connectivity index (χ4n) is 2.65. The van der Waals surface area contributed by atoms with Gasteiger partial charge in [-0.1, -0.05) is 6.07 Å². The highest BCUT2D eigenvalue weighted by Gasteiger charge is 2.45. The first-order valence-electron chi connectivity index (χ1n) is 6.77. The van der Waals surface area contributed by atoms with Gasteiger partial charge in [0.1, 0.15) is 5.54 Å². The van der Waals surface area contributed by atoms with Crippen molar-refractivity contribution in [3.05, 3.63) is 23.3 Å². The molecule has 116 valence electrons. The number of nitrogens with one attached hydrogen (secondary N) is 1. The molecule has 0 spiro atoms. The zero-order valence-electron chi connectivity index (χ0n) is 12.7. The number of hydrogen-bond acceptors (Lipinski definition) is 4. The number of aryl methyl sites for hydroxylation is 1. The van der Waals surface area contributed by atoms with Crippen LogP contribution in [0.25, 0.3) is 0 Å². The molecule has 1 aliphatic heterocycles. The van der Waals surface area contributed by atoms with E-state index < -0.39 is 15.6 Å². The molecule has 0 unspecified atom stereocenters. The summed E-state index contributed by atoms with van der Waals surface area (Å²) in [4.78, 5) is 12.2. The molecule has 21 heavy (non-hydrogen) atoms. The number of sulfonamides is 1. The van der Waals surface area contributed by atoms with Crippen LogP contribution in [0.15, 0.2) is 17.0 Å². The van der Waals surface area contributed by atoms with Crippen LogP contribution < -0.4 is 11.1 Å². The number of carbonyl (C=O) groups is 1. The maximum absolute atomic E-state index is 13.0. The zero-order valence-corrected chi connectivity index (χ0v) is 13.5. The van der Waals surface area contributed by atoms with Crippen molar-refractivity contribution in [1.29, 1.82) is 0 Å². The van der Waals surface area contributed by atoms with Gasteiger partial charge in [0.05, 0.1) is 4.90 Å². The Morgan fingerprint density at radius 3 is 2.52 bits per heavy atom. The first-order chi connectivity index (χ1) is 9.60. The van der Waals surface area contributed by atoms with E-state index in [0.717, 1.165) is 0 Å². The molecule has 1 fully saturated rings. The average molecular weight is 311 g/mol. The SMILES string of the molecule is Cc1ccc(N)c(C)c1S(=O)(=O)N1CCNC(=O)C1(C)C. The quantitative estimate of drug-likeness (QED) is 0.790. The molecular weight excluding hydrogens is 290 g/mol. The van der Waals surface area contributed by atoms with Crippen molar-refractivity contribution in [3.8, 4) is 0 Å². The Morgan fingerprint density at radius 1 is 1.29 bits per heavy atom. The van der Waals surface area contributed by atoms with Crippen molar-refractivity contribution in [2.75, 3.05) is 18.8 Å². The third-order valence-corrected chi connectivity index (χ3v) is 6.34. The van der Waals surface area contributed by atoms with Gasteiger partial charge in [0, 0.05) is 18.8 Å². The number of nitrogens with zero attached hydrogens (tertiary/aromatic N) is 1. The van der Waals surface area contributed by atoms with E-state index in [4.69, 9.17) is 5.73 Å². The van der Waals surface area contributed by atoms with Gasteiger partial charge in [-0.3, -0.25) is 4.79 Å². The van der Waals surface area contributed by atoms with Gasteiger partial charge in [0.2, 0.25) is 15.9 Å². The van der Waals surface area contributed by atoms with Crippen LogP contribution in [0.5, 0.6) is 0 Å². The zero-order chi connectivity index (χ0) is 16.0. The lowest BCUT2D eigenvalue weighted by Gasteiger charge is -2.40. The second kappa shape index (κ2) is 4.99. The normalized spacial score (nSPS) is 19.3. The predicted octanol–water partition coefficient (Wildman–Crippen LogP) is 0.785. The van der Waals surface area contributed by atoms with E-state index in [1.54, 1.807) is 39.8 Å². The van der Waals surface area contributed by atoms with E-state index in [1.807, 2.05) is 0 Å². The molecule has 1 amide bonds. The van der Waals surface area contributed by atoms with Crippen LogP contribution in [-0.2, 0) is 14.8 Å². The lowest BCUT2D eigenvalue weighted by Crippen LogP contribution is -2.63. The largest absolute Gasteiger partial charge is 0.398 e. The first-order valence-corrected chi connectivity index (χ1v) is 8.21. The summed E-state index contributed by atoms with van der Waals surface area (Å²) in [6.45, 7) is 7.19. The minimum atomic E-state index is -3.79. The number of piperazine rings is 1. The van der Waals surface area contributed by atoms with Crippen LogP contribution in [0.2, 0.25) is 0 Å². The number of rotatable bonds is 2. The summed E-state index contributed by atoms with van der Waals surface area (Å²) in [5.74, 6) is -0.295. The van der Waals surface area contributed by atoms with E-state index in [-0.39, 0.29) is 17.3 Å². The second-order valence-electron chi connectivity index (χ2n) is 5.82. The molecule has 6 nitrogen and oxygen atoms in total. The molecule has 0 atom stereocenters. The molecular formula is C14H21N3O3S. The van der Waals surface area contributed by atoms with Gasteiger partial charge in [-0.05, 0) is 44.9 Å². The summed E-state index contributed by atoms with van der Waals surface area (Å²) < 4.78 is 27.3. The average Bonchev–Trinajstić information content (AvgIpc) is 2.37. The smallest absolute Gasteiger partial charge is 0.244 e. The molecule has 1 heterocycles. The fraction of sp³-hybridized carbons (Fsp3) is 0.500. The Kier molecular flexibility index (Phi) is 3.75. The minimum Gasteiger partial charge on any atom is -0.398 e. The summed E-state index contributed by atoms with van der Waals surface area (Å²) in [7, 11) is -3.79. The Labute approximate surface area is 125 Å². The van der Waals surface area contributed by atoms with E-state index >= 15 is 0 Å². The van der Waals surface area contributed by atoms with Crippen LogP contribution in [0.3, 0.4) is 0 Å². The van der Waals surface area contributed by atoms with Crippen molar-refractivity contribution in [1.82, 2.24) is 9.62 Å². The van der Waals surface area contributed by atoms with Crippen LogP contribution in [0.4, 0.5) is 5.69 Å². The van der Waals surface area contributed by atoms with E-state index in [0.29, 0.717) is 23.4 Å². The molecule has 3 N–H and O–H groups in total. The molecule has 1 aromatic carbocycles. The number of amides is 1. The van der Waals surface area contributed by atoms with Crippen molar-refractivity contribution < 1.29 is 13.2 Å². The van der Waals surface area contributed by atoms with Gasteiger partial charge in [-0.15, -0.1) is 0 Å². The van der Waals surface area contributed by atoms with Crippen LogP contribution >= 0.6 is 0 Å². The molecule has 0 saturated carbocycles. The molecule has 0 radical (unpaired) electrons. The third kappa shape index (κ3) is 2.40. The fourth-order valence-corrected chi connectivity index (χ4v) is 4.87. The number of benzene rings is 1. The lowest BCUT2D eigenvalue weighted by atomic mass is 10.0. The highest BCUT2D eigenvalue weighted by Crippen LogP contribution is 2.32. The van der Waals surface area contributed by atoms with Crippen molar-refractivity contribution in [3.63, 3.8) is 0 Å².